The molecule has 1 aliphatic carbocycles. The van der Waals surface area contributed by atoms with Crippen LogP contribution >= 0.6 is 0 Å². The number of aromatic nitrogens is 8. The summed E-state index contributed by atoms with van der Waals surface area (Å²) in [5, 5.41) is 11.5. The molecule has 1 fully saturated rings. The van der Waals surface area contributed by atoms with E-state index in [9.17, 15) is 0 Å². The molecule has 9 heteroatoms. The van der Waals surface area contributed by atoms with Crippen LogP contribution in [0.2, 0.25) is 0 Å². The van der Waals surface area contributed by atoms with Gasteiger partial charge in [-0.25, -0.2) is 9.67 Å². The predicted octanol–water partition coefficient (Wildman–Crippen LogP) is 0.557. The first-order valence-corrected chi connectivity index (χ1v) is 6.68. The highest BCUT2D eigenvalue weighted by Gasteiger charge is 2.26. The highest BCUT2D eigenvalue weighted by Crippen LogP contribution is 2.38. The van der Waals surface area contributed by atoms with Crippen LogP contribution in [0.3, 0.4) is 0 Å². The van der Waals surface area contributed by atoms with Crippen molar-refractivity contribution in [1.82, 2.24) is 39.5 Å². The second-order valence-corrected chi connectivity index (χ2v) is 4.81. The van der Waals surface area contributed by atoms with Crippen LogP contribution in [0, 0.1) is 0 Å². The van der Waals surface area contributed by atoms with E-state index in [0.29, 0.717) is 23.8 Å². The molecule has 3 heterocycles. The van der Waals surface area contributed by atoms with Crippen molar-refractivity contribution in [2.75, 3.05) is 12.4 Å². The summed E-state index contributed by atoms with van der Waals surface area (Å²) in [5.74, 6) is 1.89. The summed E-state index contributed by atoms with van der Waals surface area (Å²) in [5.41, 5.74) is 1.09. The van der Waals surface area contributed by atoms with Crippen molar-refractivity contribution in [2.45, 2.75) is 18.8 Å². The summed E-state index contributed by atoms with van der Waals surface area (Å²) in [4.78, 5) is 16.9. The number of anilines is 1. The predicted molar refractivity (Wildman–Crippen MR) is 73.4 cm³/mol. The largest absolute Gasteiger partial charge is 0.357 e. The van der Waals surface area contributed by atoms with Crippen molar-refractivity contribution < 1.29 is 0 Å². The number of nitrogens with zero attached hydrogens (tertiary/aromatic N) is 8. The van der Waals surface area contributed by atoms with Crippen molar-refractivity contribution in [3.8, 4) is 11.9 Å². The molecule has 0 atom stereocenters. The van der Waals surface area contributed by atoms with E-state index in [1.165, 1.54) is 30.2 Å². The summed E-state index contributed by atoms with van der Waals surface area (Å²) >= 11 is 0. The summed E-state index contributed by atoms with van der Waals surface area (Å²) < 4.78 is 3.15. The maximum Gasteiger partial charge on any atom is 0.258 e. The lowest BCUT2D eigenvalue weighted by Gasteiger charge is -2.05. The molecule has 9 nitrogen and oxygen atoms in total. The van der Waals surface area contributed by atoms with Gasteiger partial charge in [-0.3, -0.25) is 0 Å². The van der Waals surface area contributed by atoms with Crippen LogP contribution in [0.4, 0.5) is 5.95 Å². The summed E-state index contributed by atoms with van der Waals surface area (Å²) in [6.45, 7) is 0. The highest BCUT2D eigenvalue weighted by molar-refractivity contribution is 5.31. The van der Waals surface area contributed by atoms with E-state index in [-0.39, 0.29) is 0 Å². The lowest BCUT2D eigenvalue weighted by atomic mass is 10.3. The lowest BCUT2D eigenvalue weighted by molar-refractivity contribution is 0.736. The minimum atomic E-state index is 0.394. The van der Waals surface area contributed by atoms with Gasteiger partial charge >= 0.3 is 0 Å². The fourth-order valence-corrected chi connectivity index (χ4v) is 2.03. The molecule has 0 saturated heterocycles. The van der Waals surface area contributed by atoms with E-state index < -0.39 is 0 Å². The number of hydrogen-bond donors (Lipinski definition) is 1. The van der Waals surface area contributed by atoms with Gasteiger partial charge in [0.05, 0.1) is 5.69 Å². The summed E-state index contributed by atoms with van der Waals surface area (Å²) in [7, 11) is 1.75. The van der Waals surface area contributed by atoms with E-state index in [1.54, 1.807) is 11.7 Å². The standard InChI is InChI=1S/C12H13N9/c1-13-10-16-11(18-12(17-10)21-7-14-6-15-21)20-5-4-9(19-20)8-2-3-8/h4-8H,2-3H2,1H3,(H,13,16,17,18). The molecule has 106 valence electrons. The van der Waals surface area contributed by atoms with Gasteiger partial charge in [-0.2, -0.15) is 29.8 Å². The van der Waals surface area contributed by atoms with Crippen LogP contribution in [-0.2, 0) is 0 Å². The Morgan fingerprint density at radius 2 is 1.95 bits per heavy atom. The smallest absolute Gasteiger partial charge is 0.258 e. The van der Waals surface area contributed by atoms with Crippen molar-refractivity contribution >= 4 is 5.95 Å². The van der Waals surface area contributed by atoms with Gasteiger partial charge in [-0.15, -0.1) is 0 Å². The molecule has 0 spiro atoms. The Balaban J connectivity index is 1.77. The van der Waals surface area contributed by atoms with Gasteiger partial charge in [0.25, 0.3) is 11.9 Å². The first kappa shape index (κ1) is 11.9. The Kier molecular flexibility index (Phi) is 2.62. The number of rotatable bonds is 4. The lowest BCUT2D eigenvalue weighted by Crippen LogP contribution is -2.12. The van der Waals surface area contributed by atoms with Gasteiger partial charge in [0.1, 0.15) is 12.7 Å². The van der Waals surface area contributed by atoms with Crippen LogP contribution < -0.4 is 5.32 Å². The zero-order valence-electron chi connectivity index (χ0n) is 11.4. The van der Waals surface area contributed by atoms with E-state index in [0.717, 1.165) is 5.69 Å². The van der Waals surface area contributed by atoms with Crippen LogP contribution in [0.25, 0.3) is 11.9 Å². The molecule has 3 aromatic rings. The van der Waals surface area contributed by atoms with Gasteiger partial charge in [-0.1, -0.05) is 0 Å². The Hall–Kier alpha value is -2.84. The second kappa shape index (κ2) is 4.62. The Morgan fingerprint density at radius 1 is 1.14 bits per heavy atom. The van der Waals surface area contributed by atoms with E-state index in [1.807, 2.05) is 12.3 Å². The fourth-order valence-electron chi connectivity index (χ4n) is 2.03. The maximum atomic E-state index is 4.53. The molecule has 1 saturated carbocycles. The van der Waals surface area contributed by atoms with E-state index >= 15 is 0 Å². The molecule has 1 aliphatic rings. The molecule has 21 heavy (non-hydrogen) atoms. The molecule has 4 rings (SSSR count). The van der Waals surface area contributed by atoms with Crippen LogP contribution in [0.1, 0.15) is 24.5 Å². The number of hydrogen-bond acceptors (Lipinski definition) is 7. The molecular formula is C12H13N9. The van der Waals surface area contributed by atoms with Gasteiger partial charge < -0.3 is 5.32 Å². The minimum Gasteiger partial charge on any atom is -0.357 e. The molecule has 0 bridgehead atoms. The van der Waals surface area contributed by atoms with Crippen LogP contribution in [-0.4, -0.2) is 46.5 Å². The SMILES string of the molecule is CNc1nc(-n2cncn2)nc(-n2ccc(C3CC3)n2)n1. The van der Waals surface area contributed by atoms with Gasteiger partial charge in [0, 0.05) is 19.2 Å². The van der Waals surface area contributed by atoms with Crippen molar-refractivity contribution in [3.05, 3.63) is 30.6 Å². The van der Waals surface area contributed by atoms with Crippen molar-refractivity contribution in [1.29, 1.82) is 0 Å². The fraction of sp³-hybridized carbons (Fsp3) is 0.333. The Labute approximate surface area is 120 Å². The molecule has 0 aliphatic heterocycles. The molecule has 0 amide bonds. The normalized spacial score (nSPS) is 14.3. The maximum absolute atomic E-state index is 4.53. The quantitative estimate of drug-likeness (QED) is 0.746. The average Bonchev–Trinajstić information content (AvgIpc) is 3.05. The zero-order valence-corrected chi connectivity index (χ0v) is 11.4. The molecule has 0 aromatic carbocycles. The Morgan fingerprint density at radius 3 is 2.62 bits per heavy atom. The molecule has 1 N–H and O–H groups in total. The van der Waals surface area contributed by atoms with E-state index in [4.69, 9.17) is 0 Å². The van der Waals surface area contributed by atoms with Gasteiger partial charge in [0.15, 0.2) is 0 Å². The van der Waals surface area contributed by atoms with Gasteiger partial charge in [-0.05, 0) is 18.9 Å². The van der Waals surface area contributed by atoms with Crippen LogP contribution in [0.15, 0.2) is 24.9 Å². The molecule has 0 unspecified atom stereocenters. The monoisotopic (exact) mass is 283 g/mol. The molecule has 3 aromatic heterocycles. The van der Waals surface area contributed by atoms with Crippen LogP contribution in [0.5, 0.6) is 0 Å². The third-order valence-corrected chi connectivity index (χ3v) is 3.27. The average molecular weight is 283 g/mol. The second-order valence-electron chi connectivity index (χ2n) is 4.81. The highest BCUT2D eigenvalue weighted by atomic mass is 15.4. The summed E-state index contributed by atoms with van der Waals surface area (Å²) in [6.07, 6.45) is 7.26. The van der Waals surface area contributed by atoms with Gasteiger partial charge in [0.2, 0.25) is 5.95 Å². The third-order valence-electron chi connectivity index (χ3n) is 3.27. The third kappa shape index (κ3) is 2.22. The topological polar surface area (TPSA) is 99.2 Å². The van der Waals surface area contributed by atoms with E-state index in [2.05, 4.69) is 35.5 Å². The zero-order chi connectivity index (χ0) is 14.2. The Bertz CT molecular complexity index is 757. The minimum absolute atomic E-state index is 0.394. The summed E-state index contributed by atoms with van der Waals surface area (Å²) in [6, 6.07) is 2.01. The first-order chi connectivity index (χ1) is 10.3. The first-order valence-electron chi connectivity index (χ1n) is 6.68. The van der Waals surface area contributed by atoms with Crippen molar-refractivity contribution in [3.63, 3.8) is 0 Å². The molecular weight excluding hydrogens is 270 g/mol. The van der Waals surface area contributed by atoms with Crippen molar-refractivity contribution in [2.24, 2.45) is 0 Å². The molecule has 0 radical (unpaired) electrons. The number of nitrogens with one attached hydrogen (secondary N) is 1.